The van der Waals surface area contributed by atoms with Gasteiger partial charge in [-0.25, -0.2) is 0 Å². The van der Waals surface area contributed by atoms with Crippen molar-refractivity contribution in [2.24, 2.45) is 5.92 Å². The van der Waals surface area contributed by atoms with Gasteiger partial charge in [0, 0.05) is 32.5 Å². The Morgan fingerprint density at radius 3 is 2.73 bits per heavy atom. The predicted octanol–water partition coefficient (Wildman–Crippen LogP) is 2.67. The molecule has 1 amide bonds. The van der Waals surface area contributed by atoms with Crippen LogP contribution in [0, 0.1) is 5.92 Å². The van der Waals surface area contributed by atoms with Gasteiger partial charge >= 0.3 is 7.05 Å². The van der Waals surface area contributed by atoms with Crippen LogP contribution < -0.4 is 4.65 Å². The molecule has 0 saturated heterocycles. The molecule has 22 heavy (non-hydrogen) atoms. The minimum atomic E-state index is -0.201. The molecule has 0 bridgehead atoms. The topological polar surface area (TPSA) is 32.8 Å². The quantitative estimate of drug-likeness (QED) is 0.619. The molecule has 1 aromatic rings. The maximum atomic E-state index is 12.6. The second kappa shape index (κ2) is 7.01. The van der Waals surface area contributed by atoms with E-state index >= 15 is 0 Å². The number of para-hydroxylation sites is 1. The van der Waals surface area contributed by atoms with Gasteiger partial charge in [0.15, 0.2) is 0 Å². The number of benzene rings is 1. The first-order valence-corrected chi connectivity index (χ1v) is 7.78. The molecule has 0 saturated carbocycles. The van der Waals surface area contributed by atoms with E-state index in [4.69, 9.17) is 4.65 Å². The average Bonchev–Trinajstić information content (AvgIpc) is 2.47. The van der Waals surface area contributed by atoms with Gasteiger partial charge in [-0.1, -0.05) is 38.1 Å². The summed E-state index contributed by atoms with van der Waals surface area (Å²) in [6.45, 7) is 8.71. The molecule has 2 rings (SSSR count). The van der Waals surface area contributed by atoms with Crippen LogP contribution >= 0.6 is 0 Å². The number of allylic oxidation sites excluding steroid dienone is 1. The van der Waals surface area contributed by atoms with Crippen LogP contribution in [0.25, 0.3) is 0 Å². The van der Waals surface area contributed by atoms with Crippen LogP contribution in [0.3, 0.4) is 0 Å². The van der Waals surface area contributed by atoms with Gasteiger partial charge in [0.2, 0.25) is 5.91 Å². The minimum absolute atomic E-state index is 0.118. The third-order valence-electron chi connectivity index (χ3n) is 4.01. The molecule has 4 nitrogen and oxygen atoms in total. The van der Waals surface area contributed by atoms with Crippen LogP contribution in [-0.4, -0.2) is 42.8 Å². The van der Waals surface area contributed by atoms with Gasteiger partial charge in [-0.05, 0) is 12.0 Å². The number of likely N-dealkylation sites (N-methyl/N-ethyl adjacent to an activating group) is 1. The maximum Gasteiger partial charge on any atom is 0.453 e. The molecule has 0 spiro atoms. The van der Waals surface area contributed by atoms with Gasteiger partial charge in [0.1, 0.15) is 5.75 Å². The highest BCUT2D eigenvalue weighted by Crippen LogP contribution is 2.30. The molecule has 0 N–H and O–H groups in total. The summed E-state index contributed by atoms with van der Waals surface area (Å²) < 4.78 is 6.13. The molecular formula is C17H25BN2O2. The van der Waals surface area contributed by atoms with E-state index in [0.717, 1.165) is 17.9 Å². The fourth-order valence-electron chi connectivity index (χ4n) is 2.94. The van der Waals surface area contributed by atoms with Crippen molar-refractivity contribution in [3.8, 4) is 5.75 Å². The van der Waals surface area contributed by atoms with E-state index in [1.807, 2.05) is 24.3 Å². The monoisotopic (exact) mass is 300 g/mol. The van der Waals surface area contributed by atoms with Crippen molar-refractivity contribution in [2.45, 2.75) is 32.8 Å². The lowest BCUT2D eigenvalue weighted by atomic mass is 9.71. The summed E-state index contributed by atoms with van der Waals surface area (Å²) in [7, 11) is 3.46. The molecule has 0 aromatic heterocycles. The number of nitrogens with zero attached hydrogens (tertiary/aromatic N) is 2. The molecule has 1 heterocycles. The second-order valence-electron chi connectivity index (χ2n) is 6.30. The van der Waals surface area contributed by atoms with Crippen LogP contribution in [-0.2, 0) is 11.3 Å². The molecule has 0 fully saturated rings. The lowest BCUT2D eigenvalue weighted by molar-refractivity contribution is -0.134. The number of carbonyl (C=O) groups is 1. The van der Waals surface area contributed by atoms with Crippen LogP contribution in [0.4, 0.5) is 0 Å². The summed E-state index contributed by atoms with van der Waals surface area (Å²) in [5.74, 6) is 1.23. The molecule has 1 aromatic carbocycles. The third-order valence-corrected chi connectivity index (χ3v) is 4.01. The van der Waals surface area contributed by atoms with Crippen molar-refractivity contribution in [2.75, 3.05) is 14.1 Å². The van der Waals surface area contributed by atoms with E-state index in [1.165, 1.54) is 0 Å². The second-order valence-corrected chi connectivity index (χ2v) is 6.30. The zero-order valence-electron chi connectivity index (χ0n) is 14.0. The molecule has 1 aliphatic rings. The summed E-state index contributed by atoms with van der Waals surface area (Å²) in [6.07, 6.45) is 2.54. The van der Waals surface area contributed by atoms with Crippen molar-refractivity contribution in [1.29, 1.82) is 0 Å². The van der Waals surface area contributed by atoms with E-state index in [9.17, 15) is 4.79 Å². The first kappa shape index (κ1) is 16.6. The Kier molecular flexibility index (Phi) is 5.30. The number of amides is 1. The van der Waals surface area contributed by atoms with Crippen LogP contribution in [0.2, 0.25) is 6.32 Å². The first-order valence-electron chi connectivity index (χ1n) is 7.78. The highest BCUT2D eigenvalue weighted by molar-refractivity contribution is 6.51. The van der Waals surface area contributed by atoms with Crippen molar-refractivity contribution in [1.82, 2.24) is 9.71 Å². The largest absolute Gasteiger partial charge is 0.545 e. The number of hydrogen-bond acceptors (Lipinski definition) is 3. The summed E-state index contributed by atoms with van der Waals surface area (Å²) in [5, 5.41) is 0. The Morgan fingerprint density at radius 1 is 1.45 bits per heavy atom. The zero-order chi connectivity index (χ0) is 16.3. The zero-order valence-corrected chi connectivity index (χ0v) is 14.0. The number of fused-ring (bicyclic) bond motifs is 1. The van der Waals surface area contributed by atoms with E-state index in [0.29, 0.717) is 6.32 Å². The van der Waals surface area contributed by atoms with Crippen molar-refractivity contribution >= 4 is 13.0 Å². The molecule has 0 radical (unpaired) electrons. The highest BCUT2D eigenvalue weighted by Gasteiger charge is 2.41. The molecule has 0 aliphatic carbocycles. The summed E-state index contributed by atoms with van der Waals surface area (Å²) in [4.78, 5) is 16.5. The van der Waals surface area contributed by atoms with Gasteiger partial charge < -0.3 is 9.55 Å². The van der Waals surface area contributed by atoms with Crippen LogP contribution in [0.1, 0.15) is 19.4 Å². The van der Waals surface area contributed by atoms with Gasteiger partial charge in [-0.2, -0.15) is 0 Å². The Morgan fingerprint density at radius 2 is 2.14 bits per heavy atom. The molecule has 0 unspecified atom stereocenters. The minimum Gasteiger partial charge on any atom is -0.545 e. The van der Waals surface area contributed by atoms with Crippen LogP contribution in [0.15, 0.2) is 36.9 Å². The Balaban J connectivity index is 2.36. The third kappa shape index (κ3) is 3.35. The van der Waals surface area contributed by atoms with Crippen LogP contribution in [0.5, 0.6) is 5.75 Å². The van der Waals surface area contributed by atoms with Crippen molar-refractivity contribution in [3.05, 3.63) is 42.5 Å². The Labute approximate surface area is 133 Å². The fraction of sp³-hybridized carbons (Fsp3) is 0.471. The Hall–Kier alpha value is -1.75. The molecular weight excluding hydrogens is 275 g/mol. The standard InChI is InChI=1S/C17H25BN2O2/c1-6-11-18-20(16(13(2)3)17(21)19(4)5)12-14-9-7-8-10-15(14)22-18/h6-10,13,16H,1,11-12H2,2-5H3/t16-/m0/s1. The smallest absolute Gasteiger partial charge is 0.453 e. The van der Waals surface area contributed by atoms with E-state index < -0.39 is 0 Å². The van der Waals surface area contributed by atoms with E-state index in [-0.39, 0.29) is 24.9 Å². The average molecular weight is 300 g/mol. The van der Waals surface area contributed by atoms with Crippen molar-refractivity contribution in [3.63, 3.8) is 0 Å². The maximum absolute atomic E-state index is 12.6. The van der Waals surface area contributed by atoms with Gasteiger partial charge in [-0.3, -0.25) is 9.61 Å². The molecule has 5 heteroatoms. The van der Waals surface area contributed by atoms with E-state index in [1.54, 1.807) is 19.0 Å². The number of carbonyl (C=O) groups excluding carboxylic acids is 1. The lowest BCUT2D eigenvalue weighted by Crippen LogP contribution is -2.58. The number of hydrogen-bond donors (Lipinski definition) is 0. The molecule has 1 atom stereocenters. The van der Waals surface area contributed by atoms with Gasteiger partial charge in [0.25, 0.3) is 0 Å². The Bertz CT molecular complexity index is 545. The summed E-state index contributed by atoms with van der Waals surface area (Å²) in [5.41, 5.74) is 1.13. The normalized spacial score (nSPS) is 16.0. The van der Waals surface area contributed by atoms with Crippen molar-refractivity contribution < 1.29 is 9.45 Å². The SMILES string of the molecule is C=CCB1Oc2ccccc2CN1[C@H](C(=O)N(C)C)C(C)C. The van der Waals surface area contributed by atoms with E-state index in [2.05, 4.69) is 31.3 Å². The highest BCUT2D eigenvalue weighted by atomic mass is 16.5. The summed E-state index contributed by atoms with van der Waals surface area (Å²) in [6, 6.07) is 7.83. The van der Waals surface area contributed by atoms with Gasteiger partial charge in [0.05, 0.1) is 6.04 Å². The molecule has 118 valence electrons. The predicted molar refractivity (Wildman–Crippen MR) is 90.7 cm³/mol. The number of rotatable bonds is 5. The summed E-state index contributed by atoms with van der Waals surface area (Å²) >= 11 is 0. The lowest BCUT2D eigenvalue weighted by Gasteiger charge is -2.41. The first-order chi connectivity index (χ1) is 10.5. The van der Waals surface area contributed by atoms with Gasteiger partial charge in [-0.15, -0.1) is 6.58 Å². The fourth-order valence-corrected chi connectivity index (χ4v) is 2.94. The molecule has 1 aliphatic heterocycles.